The number of aryl methyl sites for hydroxylation is 1. The van der Waals surface area contributed by atoms with E-state index in [1.807, 2.05) is 67.6 Å². The van der Waals surface area contributed by atoms with Gasteiger partial charge in [-0.1, -0.05) is 72.3 Å². The van der Waals surface area contributed by atoms with E-state index >= 15 is 0 Å². The van der Waals surface area contributed by atoms with Crippen LogP contribution in [0.15, 0.2) is 88.1 Å². The summed E-state index contributed by atoms with van der Waals surface area (Å²) in [6.45, 7) is 1.77. The van der Waals surface area contributed by atoms with Crippen molar-refractivity contribution in [3.63, 3.8) is 0 Å². The molecule has 4 aromatic rings. The fourth-order valence-corrected chi connectivity index (χ4v) is 3.62. The molecule has 0 fully saturated rings. The number of carbonyl (C=O) groups is 1. The van der Waals surface area contributed by atoms with Gasteiger partial charge >= 0.3 is 11.6 Å². The van der Waals surface area contributed by atoms with Crippen molar-refractivity contribution in [2.24, 2.45) is 0 Å². The van der Waals surface area contributed by atoms with E-state index in [0.717, 1.165) is 16.7 Å². The van der Waals surface area contributed by atoms with E-state index in [-0.39, 0.29) is 6.61 Å². The maximum absolute atomic E-state index is 13.1. The topological polar surface area (TPSA) is 56.5 Å². The summed E-state index contributed by atoms with van der Waals surface area (Å²) < 4.78 is 10.9. The van der Waals surface area contributed by atoms with Gasteiger partial charge < -0.3 is 9.15 Å². The molecule has 0 amide bonds. The van der Waals surface area contributed by atoms with Gasteiger partial charge in [0.15, 0.2) is 0 Å². The number of esters is 1. The van der Waals surface area contributed by atoms with E-state index in [1.165, 1.54) is 6.07 Å². The van der Waals surface area contributed by atoms with Crippen LogP contribution < -0.4 is 5.63 Å². The molecule has 4 rings (SSSR count). The average Bonchev–Trinajstić information content (AvgIpc) is 2.75. The zero-order valence-electron chi connectivity index (χ0n) is 16.3. The predicted molar refractivity (Wildman–Crippen MR) is 117 cm³/mol. The Bertz CT molecular complexity index is 1210. The van der Waals surface area contributed by atoms with E-state index in [0.29, 0.717) is 21.6 Å². The van der Waals surface area contributed by atoms with Gasteiger partial charge in [-0.3, -0.25) is 4.79 Å². The van der Waals surface area contributed by atoms with Gasteiger partial charge in [0.25, 0.3) is 0 Å². The van der Waals surface area contributed by atoms with Crippen LogP contribution >= 0.6 is 11.6 Å². The summed E-state index contributed by atoms with van der Waals surface area (Å²) in [7, 11) is 0. The SMILES string of the molecule is Cc1cc2oc(=O)cc(COC(=O)C(c3ccccc3)c3ccccc3)c2cc1Cl. The predicted octanol–water partition coefficient (Wildman–Crippen LogP) is 5.63. The molecule has 0 atom stereocenters. The monoisotopic (exact) mass is 418 g/mol. The normalized spacial score (nSPS) is 11.0. The number of ether oxygens (including phenoxy) is 1. The van der Waals surface area contributed by atoms with Gasteiger partial charge in [-0.2, -0.15) is 0 Å². The molecule has 150 valence electrons. The molecular formula is C25H19ClO4. The van der Waals surface area contributed by atoms with Gasteiger partial charge in [0.2, 0.25) is 0 Å². The van der Waals surface area contributed by atoms with Crippen molar-refractivity contribution in [3.8, 4) is 0 Å². The molecule has 0 radical (unpaired) electrons. The number of fused-ring (bicyclic) bond motifs is 1. The molecule has 0 aliphatic heterocycles. The standard InChI is InChI=1S/C25H19ClO4/c1-16-12-22-20(14-21(16)26)19(13-23(27)30-22)15-29-25(28)24(17-8-4-2-5-9-17)18-10-6-3-7-11-18/h2-14,24H,15H2,1H3. The van der Waals surface area contributed by atoms with E-state index in [2.05, 4.69) is 0 Å². The van der Waals surface area contributed by atoms with Crippen LogP contribution in [0.5, 0.6) is 0 Å². The highest BCUT2D eigenvalue weighted by Gasteiger charge is 2.24. The number of rotatable bonds is 5. The Balaban J connectivity index is 1.66. The number of benzene rings is 3. The average molecular weight is 419 g/mol. The Morgan fingerprint density at radius 3 is 2.17 bits per heavy atom. The van der Waals surface area contributed by atoms with Crippen molar-refractivity contribution in [2.45, 2.75) is 19.4 Å². The van der Waals surface area contributed by atoms with Crippen LogP contribution in [0.25, 0.3) is 11.0 Å². The molecule has 0 unspecified atom stereocenters. The third kappa shape index (κ3) is 4.14. The van der Waals surface area contributed by atoms with Crippen LogP contribution in [-0.4, -0.2) is 5.97 Å². The van der Waals surface area contributed by atoms with Crippen LogP contribution in [0.4, 0.5) is 0 Å². The van der Waals surface area contributed by atoms with E-state index in [1.54, 1.807) is 12.1 Å². The number of hydrogen-bond acceptors (Lipinski definition) is 4. The van der Waals surface area contributed by atoms with Crippen molar-refractivity contribution >= 4 is 28.5 Å². The van der Waals surface area contributed by atoms with Crippen LogP contribution in [0, 0.1) is 6.92 Å². The fraction of sp³-hybridized carbons (Fsp3) is 0.120. The summed E-state index contributed by atoms with van der Waals surface area (Å²) in [5.74, 6) is -0.961. The van der Waals surface area contributed by atoms with Crippen molar-refractivity contribution in [1.29, 1.82) is 0 Å². The first-order valence-electron chi connectivity index (χ1n) is 9.52. The largest absolute Gasteiger partial charge is 0.460 e. The second-order valence-corrected chi connectivity index (χ2v) is 7.46. The van der Waals surface area contributed by atoms with Crippen LogP contribution in [0.1, 0.15) is 28.2 Å². The maximum Gasteiger partial charge on any atom is 0.336 e. The van der Waals surface area contributed by atoms with Crippen molar-refractivity contribution < 1.29 is 13.9 Å². The van der Waals surface area contributed by atoms with Crippen molar-refractivity contribution in [1.82, 2.24) is 0 Å². The molecule has 0 aliphatic carbocycles. The Labute approximate surface area is 178 Å². The third-order valence-electron chi connectivity index (χ3n) is 4.98. The summed E-state index contributed by atoms with van der Waals surface area (Å²) in [4.78, 5) is 25.1. The van der Waals surface area contributed by atoms with E-state index in [4.69, 9.17) is 20.8 Å². The minimum atomic E-state index is -0.565. The minimum absolute atomic E-state index is 0.0590. The number of carbonyl (C=O) groups excluding carboxylic acids is 1. The summed E-state index contributed by atoms with van der Waals surface area (Å²) in [5, 5.41) is 1.20. The van der Waals surface area contributed by atoms with Crippen molar-refractivity contribution in [3.05, 3.63) is 117 Å². The molecule has 5 heteroatoms. The molecule has 1 aromatic heterocycles. The lowest BCUT2D eigenvalue weighted by Gasteiger charge is -2.17. The molecule has 4 nitrogen and oxygen atoms in total. The molecule has 0 saturated carbocycles. The Kier molecular flexibility index (Phi) is 5.68. The summed E-state index contributed by atoms with van der Waals surface area (Å²) in [6.07, 6.45) is 0. The molecule has 0 aliphatic rings. The van der Waals surface area contributed by atoms with Crippen molar-refractivity contribution in [2.75, 3.05) is 0 Å². The lowest BCUT2D eigenvalue weighted by atomic mass is 9.91. The molecule has 1 heterocycles. The highest BCUT2D eigenvalue weighted by Crippen LogP contribution is 2.28. The third-order valence-corrected chi connectivity index (χ3v) is 5.39. The van der Waals surface area contributed by atoms with Crippen LogP contribution in [0.3, 0.4) is 0 Å². The van der Waals surface area contributed by atoms with Crippen LogP contribution in [0.2, 0.25) is 5.02 Å². The van der Waals surface area contributed by atoms with Gasteiger partial charge in [-0.05, 0) is 35.7 Å². The molecular weight excluding hydrogens is 400 g/mol. The Hall–Kier alpha value is -3.37. The Morgan fingerprint density at radius 1 is 0.967 bits per heavy atom. The zero-order valence-corrected chi connectivity index (χ0v) is 17.1. The lowest BCUT2D eigenvalue weighted by molar-refractivity contribution is -0.145. The highest BCUT2D eigenvalue weighted by molar-refractivity contribution is 6.32. The fourth-order valence-electron chi connectivity index (χ4n) is 3.46. The maximum atomic E-state index is 13.1. The highest BCUT2D eigenvalue weighted by atomic mass is 35.5. The summed E-state index contributed by atoms with van der Waals surface area (Å²) >= 11 is 6.25. The minimum Gasteiger partial charge on any atom is -0.460 e. The molecule has 0 bridgehead atoms. The van der Waals surface area contributed by atoms with E-state index < -0.39 is 17.5 Å². The summed E-state index contributed by atoms with van der Waals surface area (Å²) in [6, 6.07) is 23.7. The first-order chi connectivity index (χ1) is 14.5. The smallest absolute Gasteiger partial charge is 0.336 e. The molecule has 0 saturated heterocycles. The first-order valence-corrected chi connectivity index (χ1v) is 9.90. The molecule has 0 spiro atoms. The second-order valence-electron chi connectivity index (χ2n) is 7.05. The number of halogens is 1. The first kappa shape index (κ1) is 19.9. The molecule has 3 aromatic carbocycles. The quantitative estimate of drug-likeness (QED) is 0.311. The second kappa shape index (κ2) is 8.56. The van der Waals surface area contributed by atoms with Gasteiger partial charge in [-0.15, -0.1) is 0 Å². The van der Waals surface area contributed by atoms with E-state index in [9.17, 15) is 9.59 Å². The number of hydrogen-bond donors (Lipinski definition) is 0. The van der Waals surface area contributed by atoms with Crippen LogP contribution in [-0.2, 0) is 16.1 Å². The zero-order chi connectivity index (χ0) is 21.1. The van der Waals surface area contributed by atoms with Gasteiger partial charge in [0, 0.05) is 22.0 Å². The lowest BCUT2D eigenvalue weighted by Crippen LogP contribution is -2.17. The van der Waals surface area contributed by atoms with Gasteiger partial charge in [0.05, 0.1) is 0 Å². The van der Waals surface area contributed by atoms with Gasteiger partial charge in [-0.25, -0.2) is 4.79 Å². The van der Waals surface area contributed by atoms with Gasteiger partial charge in [0.1, 0.15) is 18.1 Å². The Morgan fingerprint density at radius 2 is 1.57 bits per heavy atom. The molecule has 30 heavy (non-hydrogen) atoms. The summed E-state index contributed by atoms with van der Waals surface area (Å²) in [5.41, 5.74) is 2.94. The molecule has 0 N–H and O–H groups in total.